The molecule has 0 aliphatic heterocycles. The highest BCUT2D eigenvalue weighted by Crippen LogP contribution is 2.29. The second-order valence-electron chi connectivity index (χ2n) is 11.0. The molecule has 0 atom stereocenters. The third-order valence-corrected chi connectivity index (χ3v) is 9.90. The molecule has 288 valence electrons. The van der Waals surface area contributed by atoms with E-state index in [1.807, 2.05) is 0 Å². The quantitative estimate of drug-likeness (QED) is 0.0349. The lowest BCUT2D eigenvalue weighted by molar-refractivity contribution is 0.0504. The van der Waals surface area contributed by atoms with E-state index in [1.165, 1.54) is 42.2 Å². The van der Waals surface area contributed by atoms with Gasteiger partial charge in [-0.1, -0.05) is 18.2 Å². The van der Waals surface area contributed by atoms with Crippen LogP contribution in [0.4, 0.5) is 5.69 Å². The Labute approximate surface area is 297 Å². The summed E-state index contributed by atoms with van der Waals surface area (Å²) in [5, 5.41) is 9.76. The number of carboxylic acids is 1. The molecule has 0 spiro atoms. The average molecular weight is 803 g/mol. The second-order valence-corrected chi connectivity index (χ2v) is 17.3. The van der Waals surface area contributed by atoms with Crippen molar-refractivity contribution in [2.45, 2.75) is 46.0 Å². The number of aliphatic imine (C=N–C) groups is 1. The fourth-order valence-corrected chi connectivity index (χ4v) is 6.31. The molecule has 0 aliphatic rings. The fraction of sp³-hybridized carbons (Fsp3) is 0.483. The van der Waals surface area contributed by atoms with Crippen molar-refractivity contribution in [3.05, 3.63) is 64.9 Å². The maximum atomic E-state index is 12.9. The summed E-state index contributed by atoms with van der Waals surface area (Å²) in [7, 11) is -17.1. The Hall–Kier alpha value is -3.51. The van der Waals surface area contributed by atoms with Crippen molar-refractivity contribution >= 4 is 63.8 Å². The van der Waals surface area contributed by atoms with Gasteiger partial charge in [-0.15, -0.1) is 0 Å². The lowest BCUT2D eigenvalue weighted by Crippen LogP contribution is -2.26. The van der Waals surface area contributed by atoms with Crippen LogP contribution in [-0.2, 0) is 45.2 Å². The normalized spacial score (nSPS) is 13.6. The van der Waals surface area contributed by atoms with Gasteiger partial charge in [0.25, 0.3) is 40.5 Å². The van der Waals surface area contributed by atoms with Gasteiger partial charge in [0.1, 0.15) is 0 Å². The van der Waals surface area contributed by atoms with Gasteiger partial charge >= 0.3 is 11.9 Å². The van der Waals surface area contributed by atoms with Crippen LogP contribution in [0.3, 0.4) is 0 Å². The highest BCUT2D eigenvalue weighted by atomic mass is 32.2. The molecule has 0 aromatic heterocycles. The number of aromatic carboxylic acids is 1. The van der Waals surface area contributed by atoms with Crippen LogP contribution in [0.15, 0.2) is 53.2 Å². The maximum Gasteiger partial charge on any atom is 0.338 e. The topological polar surface area (TPSA) is 297 Å². The first kappa shape index (κ1) is 45.5. The number of carboxylic acid groups (broad SMARTS) is 1. The first-order valence-corrected chi connectivity index (χ1v) is 21.5. The highest BCUT2D eigenvalue weighted by molar-refractivity contribution is 7.86. The monoisotopic (exact) mass is 802 g/mol. The third-order valence-electron chi connectivity index (χ3n) is 6.69. The van der Waals surface area contributed by atoms with E-state index in [9.17, 15) is 52.9 Å². The molecule has 0 amide bonds. The molecule has 1 aromatic carbocycles. The van der Waals surface area contributed by atoms with Crippen molar-refractivity contribution in [2.24, 2.45) is 4.99 Å². The second kappa shape index (κ2) is 20.5. The van der Waals surface area contributed by atoms with Gasteiger partial charge in [0.15, 0.2) is 0 Å². The molecular formula is C29H42N2O16S4. The van der Waals surface area contributed by atoms with Crippen LogP contribution in [-0.4, -0.2) is 117 Å². The molecule has 1 rings (SSSR count). The fourth-order valence-electron chi connectivity index (χ4n) is 4.33. The highest BCUT2D eigenvalue weighted by Gasteiger charge is 2.22. The molecule has 0 saturated heterocycles. The Morgan fingerprint density at radius 1 is 0.784 bits per heavy atom. The zero-order valence-corrected chi connectivity index (χ0v) is 31.0. The predicted octanol–water partition coefficient (Wildman–Crippen LogP) is 2.62. The molecule has 5 N–H and O–H groups in total. The molecule has 0 heterocycles. The molecular weight excluding hydrogens is 761 g/mol. The standard InChI is InChI=1S/C29H42N2O16S4/c1-22(10-4-3-5-11-25(12-6-16-48(35,36)37)30-13-7-17-49(38,39)40)31(14-8-18-50(41,42)43)27-21-24(28(32)33)20-26(23(27)2)29(34)47-15-9-19-51(44,45)46/h3-5,10-11,20-21H,6-9,12-19H2,1-2H3,(H,32,33)(H,35,36,37)(H,38,39,40)(H,41,42,43)(H,44,45,46)/b4-3+,11-5+,22-10+,30-25?. The Balaban J connectivity index is 3.43. The number of nitrogens with zero attached hydrogens (tertiary/aromatic N) is 2. The van der Waals surface area contributed by atoms with Crippen molar-refractivity contribution in [2.75, 3.05) is 47.6 Å². The zero-order chi connectivity index (χ0) is 39.0. The minimum atomic E-state index is -4.37. The number of hydrogen-bond donors (Lipinski definition) is 5. The molecule has 0 fully saturated rings. The molecule has 18 nitrogen and oxygen atoms in total. The summed E-state index contributed by atoms with van der Waals surface area (Å²) in [5.74, 6) is -4.77. The van der Waals surface area contributed by atoms with Crippen LogP contribution >= 0.6 is 0 Å². The smallest absolute Gasteiger partial charge is 0.338 e. The summed E-state index contributed by atoms with van der Waals surface area (Å²) in [6.45, 7) is 2.60. The van der Waals surface area contributed by atoms with Crippen molar-refractivity contribution in [3.63, 3.8) is 0 Å². The molecule has 0 unspecified atom stereocenters. The number of carbonyl (C=O) groups is 2. The average Bonchev–Trinajstić information content (AvgIpc) is 2.97. The third kappa shape index (κ3) is 20.8. The van der Waals surface area contributed by atoms with Crippen molar-refractivity contribution in [3.8, 4) is 0 Å². The largest absolute Gasteiger partial charge is 0.478 e. The summed E-state index contributed by atoms with van der Waals surface area (Å²) in [6.07, 6.45) is 7.42. The number of rotatable bonds is 23. The number of allylic oxidation sites excluding steroid dienone is 6. The van der Waals surface area contributed by atoms with E-state index in [4.69, 9.17) is 18.4 Å². The Morgan fingerprint density at radius 3 is 1.90 bits per heavy atom. The number of esters is 1. The van der Waals surface area contributed by atoms with Crippen LogP contribution in [0, 0.1) is 6.92 Å². The SMILES string of the molecule is C\C(=C/C=C/C=C/C(CCCS(=O)(=O)O)=NCCCS(=O)(=O)O)N(CCCS(=O)(=O)O)c1cc(C(=O)O)cc(C(=O)OCCCS(=O)(=O)O)c1C. The van der Waals surface area contributed by atoms with Crippen LogP contribution in [0.2, 0.25) is 0 Å². The Morgan fingerprint density at radius 2 is 1.33 bits per heavy atom. The van der Waals surface area contributed by atoms with E-state index in [2.05, 4.69) is 4.99 Å². The summed E-state index contributed by atoms with van der Waals surface area (Å²) in [6, 6.07) is 2.31. The van der Waals surface area contributed by atoms with Crippen molar-refractivity contribution in [1.29, 1.82) is 0 Å². The summed E-state index contributed by atoms with van der Waals surface area (Å²) in [5.41, 5.74) is 0.670. The van der Waals surface area contributed by atoms with Gasteiger partial charge in [-0.25, -0.2) is 9.59 Å². The summed E-state index contributed by atoms with van der Waals surface area (Å²) < 4.78 is 130. The number of hydrogen-bond acceptors (Lipinski definition) is 13. The van der Waals surface area contributed by atoms with E-state index in [-0.39, 0.29) is 67.6 Å². The van der Waals surface area contributed by atoms with Crippen molar-refractivity contribution in [1.82, 2.24) is 0 Å². The van der Waals surface area contributed by atoms with E-state index in [1.54, 1.807) is 13.0 Å². The number of ether oxygens (including phenoxy) is 1. The predicted molar refractivity (Wildman–Crippen MR) is 189 cm³/mol. The van der Waals surface area contributed by atoms with Gasteiger partial charge in [0.05, 0.1) is 40.7 Å². The van der Waals surface area contributed by atoms with E-state index in [0.717, 1.165) is 6.07 Å². The van der Waals surface area contributed by atoms with E-state index < -0.39 is 82.0 Å². The molecule has 0 saturated carbocycles. The summed E-state index contributed by atoms with van der Waals surface area (Å²) >= 11 is 0. The molecule has 0 radical (unpaired) electrons. The molecule has 0 bridgehead atoms. The van der Waals surface area contributed by atoms with Gasteiger partial charge in [-0.3, -0.25) is 23.2 Å². The Kier molecular flexibility index (Phi) is 18.3. The summed E-state index contributed by atoms with van der Waals surface area (Å²) in [4.78, 5) is 30.6. The van der Waals surface area contributed by atoms with Crippen LogP contribution in [0.5, 0.6) is 0 Å². The Bertz CT molecular complexity index is 1950. The minimum absolute atomic E-state index is 0.00143. The molecule has 0 aliphatic carbocycles. The first-order valence-electron chi connectivity index (χ1n) is 15.1. The van der Waals surface area contributed by atoms with Crippen molar-refractivity contribution < 1.29 is 71.3 Å². The van der Waals surface area contributed by atoms with Gasteiger partial charge < -0.3 is 14.7 Å². The lowest BCUT2D eigenvalue weighted by Gasteiger charge is -2.28. The van der Waals surface area contributed by atoms with E-state index in [0.29, 0.717) is 11.4 Å². The number of benzene rings is 1. The van der Waals surface area contributed by atoms with Gasteiger partial charge in [0, 0.05) is 30.2 Å². The van der Waals surface area contributed by atoms with Gasteiger partial charge in [-0.05, 0) is 75.8 Å². The molecule has 1 aromatic rings. The van der Waals surface area contributed by atoms with Crippen LogP contribution < -0.4 is 4.90 Å². The van der Waals surface area contributed by atoms with Crippen LogP contribution in [0.1, 0.15) is 65.3 Å². The zero-order valence-electron chi connectivity index (χ0n) is 27.8. The molecule has 51 heavy (non-hydrogen) atoms. The first-order chi connectivity index (χ1) is 23.4. The van der Waals surface area contributed by atoms with Gasteiger partial charge in [0.2, 0.25) is 0 Å². The number of anilines is 1. The van der Waals surface area contributed by atoms with Gasteiger partial charge in [-0.2, -0.15) is 33.7 Å². The minimum Gasteiger partial charge on any atom is -0.478 e. The number of carbonyl (C=O) groups excluding carboxylic acids is 1. The lowest BCUT2D eigenvalue weighted by atomic mass is 10.0. The molecule has 22 heteroatoms. The van der Waals surface area contributed by atoms with E-state index >= 15 is 0 Å². The van der Waals surface area contributed by atoms with Crippen LogP contribution in [0.25, 0.3) is 0 Å². The maximum absolute atomic E-state index is 12.9.